The Labute approximate surface area is 152 Å². The number of halogens is 1. The Morgan fingerprint density at radius 1 is 1.11 bits per heavy atom. The number of hydrogen-bond donors (Lipinski definition) is 1. The molecule has 6 nitrogen and oxygen atoms in total. The molecule has 132 valence electrons. The van der Waals surface area contributed by atoms with Crippen LogP contribution in [0.2, 0.25) is 0 Å². The lowest BCUT2D eigenvalue weighted by Crippen LogP contribution is -2.08. The summed E-state index contributed by atoms with van der Waals surface area (Å²) in [5.41, 5.74) is 3.65. The first-order valence-electron chi connectivity index (χ1n) is 8.49. The number of H-pyrrole nitrogens is 1. The summed E-state index contributed by atoms with van der Waals surface area (Å²) in [6.07, 6.45) is 3.26. The minimum atomic E-state index is -0.279. The van der Waals surface area contributed by atoms with Gasteiger partial charge in [0.2, 0.25) is 5.82 Å². The number of rotatable bonds is 2. The molecule has 2 heterocycles. The zero-order valence-electron chi connectivity index (χ0n) is 14.1. The van der Waals surface area contributed by atoms with Gasteiger partial charge in [0.1, 0.15) is 17.2 Å². The van der Waals surface area contributed by atoms with Crippen LogP contribution in [0.4, 0.5) is 4.39 Å². The first-order chi connectivity index (χ1) is 13.2. The van der Waals surface area contributed by atoms with Crippen molar-refractivity contribution in [1.82, 2.24) is 20.6 Å². The summed E-state index contributed by atoms with van der Waals surface area (Å²) in [5, 5.41) is 14.3. The van der Waals surface area contributed by atoms with Crippen LogP contribution in [0, 0.1) is 5.82 Å². The molecule has 7 heteroatoms. The van der Waals surface area contributed by atoms with Crippen molar-refractivity contribution in [3.63, 3.8) is 0 Å². The molecule has 5 rings (SSSR count). The van der Waals surface area contributed by atoms with Gasteiger partial charge in [-0.25, -0.2) is 4.39 Å². The second-order valence-corrected chi connectivity index (χ2v) is 6.41. The summed E-state index contributed by atoms with van der Waals surface area (Å²) in [6, 6.07) is 11.5. The number of fused-ring (bicyclic) bond motifs is 2. The molecule has 0 spiro atoms. The van der Waals surface area contributed by atoms with Crippen molar-refractivity contribution in [1.29, 1.82) is 0 Å². The molecule has 1 N–H and O–H groups in total. The van der Waals surface area contributed by atoms with E-state index >= 15 is 0 Å². The van der Waals surface area contributed by atoms with Crippen molar-refractivity contribution >= 4 is 22.6 Å². The fourth-order valence-corrected chi connectivity index (χ4v) is 3.41. The lowest BCUT2D eigenvalue weighted by molar-refractivity contribution is 0.585. The maximum Gasteiger partial charge on any atom is 0.204 e. The van der Waals surface area contributed by atoms with E-state index in [-0.39, 0.29) is 11.2 Å². The van der Waals surface area contributed by atoms with Crippen molar-refractivity contribution in [2.45, 2.75) is 12.8 Å². The Morgan fingerprint density at radius 3 is 2.74 bits per heavy atom. The highest BCUT2D eigenvalue weighted by molar-refractivity contribution is 5.88. The van der Waals surface area contributed by atoms with E-state index in [2.05, 4.69) is 20.6 Å². The van der Waals surface area contributed by atoms with Crippen LogP contribution in [-0.2, 0) is 6.42 Å². The average Bonchev–Trinajstić information content (AvgIpc) is 3.35. The first-order valence-corrected chi connectivity index (χ1v) is 8.49. The van der Waals surface area contributed by atoms with Gasteiger partial charge in [-0.05, 0) is 65.6 Å². The summed E-state index contributed by atoms with van der Waals surface area (Å²) >= 11 is 0. The van der Waals surface area contributed by atoms with Crippen LogP contribution in [-0.4, -0.2) is 20.6 Å². The summed E-state index contributed by atoms with van der Waals surface area (Å²) in [6.45, 7) is 0. The average molecular weight is 360 g/mol. The molecule has 2 aromatic carbocycles. The van der Waals surface area contributed by atoms with Crippen molar-refractivity contribution in [3.05, 3.63) is 75.4 Å². The van der Waals surface area contributed by atoms with E-state index in [0.717, 1.165) is 11.1 Å². The normalized spacial score (nSPS) is 14.8. The van der Waals surface area contributed by atoms with Gasteiger partial charge in [-0.15, -0.1) is 10.2 Å². The van der Waals surface area contributed by atoms with E-state index in [1.807, 2.05) is 6.08 Å². The van der Waals surface area contributed by atoms with E-state index in [1.54, 1.807) is 30.3 Å². The molecular formula is C20H13FN4O2. The fraction of sp³-hybridized carbons (Fsp3) is 0.100. The standard InChI is InChI=1S/C20H13FN4O2/c21-14-5-1-11(2-6-14)9-12-3-7-15-18(26)16-10-13(20-22-24-25-23-20)4-8-17(16)27-19(12)15/h1-2,4-6,8-10H,3,7H2,(H,22,23,24,25)/b12-9+. The predicted molar refractivity (Wildman–Crippen MR) is 98.2 cm³/mol. The zero-order chi connectivity index (χ0) is 18.4. The third kappa shape index (κ3) is 2.64. The summed E-state index contributed by atoms with van der Waals surface area (Å²) in [7, 11) is 0. The molecule has 0 radical (unpaired) electrons. The third-order valence-electron chi connectivity index (χ3n) is 4.73. The van der Waals surface area contributed by atoms with Crippen LogP contribution in [0.25, 0.3) is 34.0 Å². The van der Waals surface area contributed by atoms with Gasteiger partial charge in [0, 0.05) is 11.1 Å². The number of nitrogens with zero attached hydrogens (tertiary/aromatic N) is 3. The molecule has 0 saturated carbocycles. The molecule has 0 bridgehead atoms. The van der Waals surface area contributed by atoms with E-state index in [4.69, 9.17) is 4.42 Å². The maximum absolute atomic E-state index is 13.1. The van der Waals surface area contributed by atoms with Crippen molar-refractivity contribution in [3.8, 4) is 11.4 Å². The van der Waals surface area contributed by atoms with Gasteiger partial charge in [-0.2, -0.15) is 5.21 Å². The molecular weight excluding hydrogens is 347 g/mol. The Morgan fingerprint density at radius 2 is 1.96 bits per heavy atom. The smallest absolute Gasteiger partial charge is 0.204 e. The van der Waals surface area contributed by atoms with Gasteiger partial charge in [0.25, 0.3) is 0 Å². The highest BCUT2D eigenvalue weighted by Gasteiger charge is 2.24. The molecule has 1 aliphatic carbocycles. The fourth-order valence-electron chi connectivity index (χ4n) is 3.41. The van der Waals surface area contributed by atoms with Gasteiger partial charge in [-0.1, -0.05) is 12.1 Å². The predicted octanol–water partition coefficient (Wildman–Crippen LogP) is 3.60. The number of aromatic nitrogens is 4. The Kier molecular flexibility index (Phi) is 3.46. The van der Waals surface area contributed by atoms with Gasteiger partial charge in [0.15, 0.2) is 5.43 Å². The first kappa shape index (κ1) is 15.6. The Bertz CT molecular complexity index is 1240. The molecule has 0 aliphatic heterocycles. The molecule has 0 fully saturated rings. The Balaban J connectivity index is 1.64. The number of hydrogen-bond acceptors (Lipinski definition) is 5. The third-order valence-corrected chi connectivity index (χ3v) is 4.73. The minimum Gasteiger partial charge on any atom is -0.456 e. The molecule has 27 heavy (non-hydrogen) atoms. The number of tetrazole rings is 1. The Hall–Kier alpha value is -3.61. The summed E-state index contributed by atoms with van der Waals surface area (Å²) in [5.74, 6) is 0.761. The van der Waals surface area contributed by atoms with Crippen molar-refractivity contribution in [2.24, 2.45) is 0 Å². The van der Waals surface area contributed by atoms with E-state index in [9.17, 15) is 9.18 Å². The SMILES string of the molecule is O=c1c2c(oc3ccc(-c4nn[nH]n4)cc13)/C(=C/c1ccc(F)cc1)CC2. The number of nitrogens with one attached hydrogen (secondary N) is 1. The van der Waals surface area contributed by atoms with E-state index < -0.39 is 0 Å². The van der Waals surface area contributed by atoms with Gasteiger partial charge in [-0.3, -0.25) is 4.79 Å². The van der Waals surface area contributed by atoms with Crippen LogP contribution in [0.15, 0.2) is 51.7 Å². The van der Waals surface area contributed by atoms with Gasteiger partial charge < -0.3 is 4.42 Å². The lowest BCUT2D eigenvalue weighted by Gasteiger charge is -2.05. The highest BCUT2D eigenvalue weighted by atomic mass is 19.1. The van der Waals surface area contributed by atoms with Gasteiger partial charge in [0.05, 0.1) is 5.39 Å². The summed E-state index contributed by atoms with van der Waals surface area (Å²) in [4.78, 5) is 13.0. The van der Waals surface area contributed by atoms with Crippen LogP contribution in [0.1, 0.15) is 23.3 Å². The molecule has 1 aliphatic rings. The molecule has 0 atom stereocenters. The molecule has 2 aromatic heterocycles. The van der Waals surface area contributed by atoms with Crippen LogP contribution >= 0.6 is 0 Å². The highest BCUT2D eigenvalue weighted by Crippen LogP contribution is 2.34. The molecule has 4 aromatic rings. The van der Waals surface area contributed by atoms with E-state index in [0.29, 0.717) is 46.5 Å². The molecule has 0 amide bonds. The van der Waals surface area contributed by atoms with Crippen LogP contribution in [0.3, 0.4) is 0 Å². The molecule has 0 unspecified atom stereocenters. The largest absolute Gasteiger partial charge is 0.456 e. The topological polar surface area (TPSA) is 84.7 Å². The quantitative estimate of drug-likeness (QED) is 0.590. The summed E-state index contributed by atoms with van der Waals surface area (Å²) < 4.78 is 19.2. The van der Waals surface area contributed by atoms with E-state index in [1.165, 1.54) is 12.1 Å². The zero-order valence-corrected chi connectivity index (χ0v) is 14.1. The molecule has 0 saturated heterocycles. The second-order valence-electron chi connectivity index (χ2n) is 6.41. The number of benzene rings is 2. The lowest BCUT2D eigenvalue weighted by atomic mass is 10.1. The van der Waals surface area contributed by atoms with Crippen molar-refractivity contribution in [2.75, 3.05) is 0 Å². The monoisotopic (exact) mass is 360 g/mol. The second kappa shape index (κ2) is 5.98. The van der Waals surface area contributed by atoms with Gasteiger partial charge >= 0.3 is 0 Å². The van der Waals surface area contributed by atoms with Crippen molar-refractivity contribution < 1.29 is 8.81 Å². The minimum absolute atomic E-state index is 0.0425. The number of aromatic amines is 1. The van der Waals surface area contributed by atoms with Crippen LogP contribution in [0.5, 0.6) is 0 Å². The van der Waals surface area contributed by atoms with Crippen LogP contribution < -0.4 is 5.43 Å². The number of allylic oxidation sites excluding steroid dienone is 1. The maximum atomic E-state index is 13.1.